The summed E-state index contributed by atoms with van der Waals surface area (Å²) >= 11 is 0. The molecule has 17 heavy (non-hydrogen) atoms. The Kier molecular flexibility index (Phi) is 6.45. The largest absolute Gasteiger partial charge is 0.376 e. The highest BCUT2D eigenvalue weighted by Crippen LogP contribution is 2.38. The Bertz CT molecular complexity index is 200. The van der Waals surface area contributed by atoms with Crippen LogP contribution in [0.1, 0.15) is 53.4 Å². The van der Waals surface area contributed by atoms with Gasteiger partial charge in [0.15, 0.2) is 0 Å². The normalized spacial score (nSPS) is 18.7. The molecule has 1 aliphatic rings. The number of hydrogen-bond acceptors (Lipinski definition) is 3. The van der Waals surface area contributed by atoms with Crippen molar-refractivity contribution in [3.63, 3.8) is 0 Å². The van der Waals surface area contributed by atoms with Gasteiger partial charge in [-0.05, 0) is 46.1 Å². The van der Waals surface area contributed by atoms with Crippen LogP contribution < -0.4 is 5.32 Å². The first-order valence-corrected chi connectivity index (χ1v) is 7.03. The lowest BCUT2D eigenvalue weighted by atomic mass is 9.77. The maximum atomic E-state index is 6.03. The summed E-state index contributed by atoms with van der Waals surface area (Å²) in [5.74, 6) is 0. The van der Waals surface area contributed by atoms with Crippen LogP contribution in [0.3, 0.4) is 0 Å². The fraction of sp³-hybridized carbons (Fsp3) is 1.00. The molecule has 1 fully saturated rings. The van der Waals surface area contributed by atoms with Crippen molar-refractivity contribution in [1.82, 2.24) is 5.32 Å². The molecule has 0 saturated heterocycles. The van der Waals surface area contributed by atoms with Crippen LogP contribution >= 0.6 is 0 Å². The van der Waals surface area contributed by atoms with E-state index in [0.717, 1.165) is 26.2 Å². The first-order valence-electron chi connectivity index (χ1n) is 7.03. The summed E-state index contributed by atoms with van der Waals surface area (Å²) in [5.41, 5.74) is 0.155. The van der Waals surface area contributed by atoms with Crippen molar-refractivity contribution in [3.8, 4) is 0 Å². The van der Waals surface area contributed by atoms with E-state index in [0.29, 0.717) is 12.1 Å². The third kappa shape index (κ3) is 5.84. The molecule has 0 aliphatic heterocycles. The summed E-state index contributed by atoms with van der Waals surface area (Å²) in [6.07, 6.45) is 5.18. The lowest BCUT2D eigenvalue weighted by Crippen LogP contribution is -2.44. The number of nitrogens with one attached hydrogen (secondary N) is 1. The second kappa shape index (κ2) is 7.34. The SMILES string of the molecule is CC(C)NCCC1(OCCOC(C)C)CCC1. The summed E-state index contributed by atoms with van der Waals surface area (Å²) in [7, 11) is 0. The van der Waals surface area contributed by atoms with Crippen LogP contribution in [0.15, 0.2) is 0 Å². The lowest BCUT2D eigenvalue weighted by Gasteiger charge is -2.42. The summed E-state index contributed by atoms with van der Waals surface area (Å²) in [6, 6.07) is 0.566. The van der Waals surface area contributed by atoms with Crippen molar-refractivity contribution in [2.75, 3.05) is 19.8 Å². The predicted molar refractivity (Wildman–Crippen MR) is 71.4 cm³/mol. The van der Waals surface area contributed by atoms with Crippen molar-refractivity contribution in [2.24, 2.45) is 0 Å². The quantitative estimate of drug-likeness (QED) is 0.632. The van der Waals surface area contributed by atoms with Gasteiger partial charge in [-0.3, -0.25) is 0 Å². The molecular formula is C14H29NO2. The molecule has 0 aromatic rings. The van der Waals surface area contributed by atoms with Gasteiger partial charge in [-0.15, -0.1) is 0 Å². The molecule has 1 aliphatic carbocycles. The minimum absolute atomic E-state index is 0.155. The molecule has 0 spiro atoms. The summed E-state index contributed by atoms with van der Waals surface area (Å²) in [5, 5.41) is 3.47. The number of hydrogen-bond donors (Lipinski definition) is 1. The standard InChI is InChI=1S/C14H29NO2/c1-12(2)15-9-8-14(6-5-7-14)17-11-10-16-13(3)4/h12-13,15H,5-11H2,1-4H3. The molecule has 0 atom stereocenters. The Morgan fingerprint density at radius 1 is 1.12 bits per heavy atom. The topological polar surface area (TPSA) is 30.5 Å². The van der Waals surface area contributed by atoms with Crippen LogP contribution in [0, 0.1) is 0 Å². The highest BCUT2D eigenvalue weighted by molar-refractivity contribution is 4.90. The van der Waals surface area contributed by atoms with Gasteiger partial charge < -0.3 is 14.8 Å². The molecule has 0 bridgehead atoms. The van der Waals surface area contributed by atoms with Gasteiger partial charge in [0.1, 0.15) is 0 Å². The van der Waals surface area contributed by atoms with Crippen LogP contribution in [0.2, 0.25) is 0 Å². The fourth-order valence-electron chi connectivity index (χ4n) is 2.17. The van der Waals surface area contributed by atoms with E-state index in [1.807, 2.05) is 0 Å². The van der Waals surface area contributed by atoms with Crippen LogP contribution in [0.25, 0.3) is 0 Å². The van der Waals surface area contributed by atoms with E-state index >= 15 is 0 Å². The van der Waals surface area contributed by atoms with E-state index in [1.165, 1.54) is 19.3 Å². The Morgan fingerprint density at radius 2 is 1.82 bits per heavy atom. The van der Waals surface area contributed by atoms with E-state index in [1.54, 1.807) is 0 Å². The zero-order valence-electron chi connectivity index (χ0n) is 11.9. The molecule has 0 heterocycles. The van der Waals surface area contributed by atoms with Gasteiger partial charge in [-0.25, -0.2) is 0 Å². The molecular weight excluding hydrogens is 214 g/mol. The van der Waals surface area contributed by atoms with Crippen molar-refractivity contribution in [1.29, 1.82) is 0 Å². The van der Waals surface area contributed by atoms with E-state index in [9.17, 15) is 0 Å². The van der Waals surface area contributed by atoms with Crippen molar-refractivity contribution in [3.05, 3.63) is 0 Å². The fourth-order valence-corrected chi connectivity index (χ4v) is 2.17. The second-order valence-electron chi connectivity index (χ2n) is 5.66. The maximum absolute atomic E-state index is 6.03. The molecule has 0 aromatic heterocycles. The van der Waals surface area contributed by atoms with Gasteiger partial charge in [0.25, 0.3) is 0 Å². The monoisotopic (exact) mass is 243 g/mol. The molecule has 1 rings (SSSR count). The minimum Gasteiger partial charge on any atom is -0.376 e. The summed E-state index contributed by atoms with van der Waals surface area (Å²) in [4.78, 5) is 0. The first kappa shape index (κ1) is 14.9. The van der Waals surface area contributed by atoms with Gasteiger partial charge in [-0.2, -0.15) is 0 Å². The Balaban J connectivity index is 2.12. The molecule has 0 amide bonds. The minimum atomic E-state index is 0.155. The zero-order chi connectivity index (χ0) is 12.7. The van der Waals surface area contributed by atoms with Gasteiger partial charge >= 0.3 is 0 Å². The molecule has 0 radical (unpaired) electrons. The van der Waals surface area contributed by atoms with Crippen LogP contribution in [0.4, 0.5) is 0 Å². The first-order chi connectivity index (χ1) is 8.04. The molecule has 3 heteroatoms. The van der Waals surface area contributed by atoms with Gasteiger partial charge in [-0.1, -0.05) is 13.8 Å². The van der Waals surface area contributed by atoms with Gasteiger partial charge in [0.05, 0.1) is 24.9 Å². The summed E-state index contributed by atoms with van der Waals surface area (Å²) < 4.78 is 11.5. The van der Waals surface area contributed by atoms with E-state index in [-0.39, 0.29) is 5.60 Å². The number of ether oxygens (including phenoxy) is 2. The van der Waals surface area contributed by atoms with E-state index in [2.05, 4.69) is 33.0 Å². The predicted octanol–water partition coefficient (Wildman–Crippen LogP) is 2.74. The van der Waals surface area contributed by atoms with Crippen LogP contribution in [0.5, 0.6) is 0 Å². The molecule has 0 aromatic carbocycles. The molecule has 1 N–H and O–H groups in total. The van der Waals surface area contributed by atoms with Crippen molar-refractivity contribution >= 4 is 0 Å². The van der Waals surface area contributed by atoms with E-state index in [4.69, 9.17) is 9.47 Å². The average Bonchev–Trinajstić information content (AvgIpc) is 2.18. The van der Waals surface area contributed by atoms with Crippen LogP contribution in [-0.4, -0.2) is 37.5 Å². The molecule has 102 valence electrons. The van der Waals surface area contributed by atoms with Crippen molar-refractivity contribution in [2.45, 2.75) is 71.1 Å². The third-order valence-corrected chi connectivity index (χ3v) is 3.34. The Morgan fingerprint density at radius 3 is 2.29 bits per heavy atom. The molecule has 0 unspecified atom stereocenters. The Labute approximate surface area is 106 Å². The van der Waals surface area contributed by atoms with Gasteiger partial charge in [0.2, 0.25) is 0 Å². The smallest absolute Gasteiger partial charge is 0.0708 e. The maximum Gasteiger partial charge on any atom is 0.0708 e. The summed E-state index contributed by atoms with van der Waals surface area (Å²) in [6.45, 7) is 11.0. The Hall–Kier alpha value is -0.120. The molecule has 1 saturated carbocycles. The average molecular weight is 243 g/mol. The molecule has 3 nitrogen and oxygen atoms in total. The van der Waals surface area contributed by atoms with Gasteiger partial charge in [0, 0.05) is 6.04 Å². The van der Waals surface area contributed by atoms with Crippen LogP contribution in [-0.2, 0) is 9.47 Å². The highest BCUT2D eigenvalue weighted by atomic mass is 16.5. The number of rotatable bonds is 9. The van der Waals surface area contributed by atoms with E-state index < -0.39 is 0 Å². The third-order valence-electron chi connectivity index (χ3n) is 3.34. The second-order valence-corrected chi connectivity index (χ2v) is 5.66. The zero-order valence-corrected chi connectivity index (χ0v) is 11.9. The van der Waals surface area contributed by atoms with Crippen molar-refractivity contribution < 1.29 is 9.47 Å². The highest BCUT2D eigenvalue weighted by Gasteiger charge is 2.37. The lowest BCUT2D eigenvalue weighted by molar-refractivity contribution is -0.121.